The highest BCUT2D eigenvalue weighted by Crippen LogP contribution is 2.22. The summed E-state index contributed by atoms with van der Waals surface area (Å²) in [5, 5.41) is 7.40. The summed E-state index contributed by atoms with van der Waals surface area (Å²) in [7, 11) is 0. The van der Waals surface area contributed by atoms with Crippen molar-refractivity contribution in [2.24, 2.45) is 0 Å². The Morgan fingerprint density at radius 2 is 1.94 bits per heavy atom. The van der Waals surface area contributed by atoms with Gasteiger partial charge in [0, 0.05) is 24.2 Å². The topological polar surface area (TPSA) is 38.1 Å². The average molecular weight is 244 g/mol. The Hall–Kier alpha value is -1.61. The fourth-order valence-corrected chi connectivity index (χ4v) is 1.73. The number of aryl methyl sites for hydroxylation is 2. The zero-order valence-corrected chi connectivity index (χ0v) is 11.4. The second kappa shape index (κ2) is 5.36. The van der Waals surface area contributed by atoms with Crippen LogP contribution in [0, 0.1) is 13.8 Å². The minimum absolute atomic E-state index is 0.451. The third kappa shape index (κ3) is 2.99. The lowest BCUT2D eigenvalue weighted by Gasteiger charge is -2.03. The standard InChI is InChI=1S/C15H20N2O/c1-10(2)16-9-14-8-15(18-17-14)13-6-5-11(3)12(4)7-13/h5-8,10,16H,9H2,1-4H3. The van der Waals surface area contributed by atoms with Gasteiger partial charge in [-0.05, 0) is 31.0 Å². The summed E-state index contributed by atoms with van der Waals surface area (Å²) < 4.78 is 5.39. The van der Waals surface area contributed by atoms with Crippen molar-refractivity contribution >= 4 is 0 Å². The molecule has 2 rings (SSSR count). The van der Waals surface area contributed by atoms with Gasteiger partial charge in [-0.15, -0.1) is 0 Å². The van der Waals surface area contributed by atoms with Crippen LogP contribution in [0.5, 0.6) is 0 Å². The van der Waals surface area contributed by atoms with Gasteiger partial charge < -0.3 is 9.84 Å². The molecule has 0 saturated carbocycles. The SMILES string of the molecule is Cc1ccc(-c2cc(CNC(C)C)no2)cc1C. The van der Waals surface area contributed by atoms with Crippen LogP contribution in [-0.2, 0) is 6.54 Å². The number of benzene rings is 1. The maximum atomic E-state index is 5.39. The molecule has 0 aliphatic heterocycles. The Morgan fingerprint density at radius 3 is 2.61 bits per heavy atom. The molecule has 1 aromatic heterocycles. The van der Waals surface area contributed by atoms with E-state index >= 15 is 0 Å². The monoisotopic (exact) mass is 244 g/mol. The number of nitrogens with one attached hydrogen (secondary N) is 1. The normalized spacial score (nSPS) is 11.2. The highest BCUT2D eigenvalue weighted by Gasteiger charge is 2.07. The Labute approximate surface area is 108 Å². The molecule has 0 amide bonds. The zero-order chi connectivity index (χ0) is 13.1. The number of aromatic nitrogens is 1. The van der Waals surface area contributed by atoms with Gasteiger partial charge in [0.25, 0.3) is 0 Å². The predicted molar refractivity (Wildman–Crippen MR) is 73.4 cm³/mol. The van der Waals surface area contributed by atoms with Crippen LogP contribution >= 0.6 is 0 Å². The Kier molecular flexibility index (Phi) is 3.82. The Bertz CT molecular complexity index is 529. The van der Waals surface area contributed by atoms with Gasteiger partial charge >= 0.3 is 0 Å². The molecule has 1 heterocycles. The zero-order valence-electron chi connectivity index (χ0n) is 11.4. The van der Waals surface area contributed by atoms with Crippen LogP contribution in [0.2, 0.25) is 0 Å². The molecule has 2 aromatic rings. The molecule has 0 saturated heterocycles. The third-order valence-corrected chi connectivity index (χ3v) is 3.04. The summed E-state index contributed by atoms with van der Waals surface area (Å²) >= 11 is 0. The van der Waals surface area contributed by atoms with Gasteiger partial charge in [-0.3, -0.25) is 0 Å². The van der Waals surface area contributed by atoms with E-state index in [1.54, 1.807) is 0 Å². The second-order valence-corrected chi connectivity index (χ2v) is 5.02. The quantitative estimate of drug-likeness (QED) is 0.895. The first kappa shape index (κ1) is 12.8. The first-order valence-electron chi connectivity index (χ1n) is 6.33. The van der Waals surface area contributed by atoms with E-state index in [4.69, 9.17) is 4.52 Å². The van der Waals surface area contributed by atoms with Crippen LogP contribution in [0.15, 0.2) is 28.8 Å². The molecule has 1 aromatic carbocycles. The van der Waals surface area contributed by atoms with Gasteiger partial charge in [0.2, 0.25) is 0 Å². The lowest BCUT2D eigenvalue weighted by molar-refractivity contribution is 0.417. The predicted octanol–water partition coefficient (Wildman–Crippen LogP) is 3.46. The number of hydrogen-bond donors (Lipinski definition) is 1. The van der Waals surface area contributed by atoms with Gasteiger partial charge in [0.15, 0.2) is 5.76 Å². The highest BCUT2D eigenvalue weighted by atomic mass is 16.5. The molecule has 0 spiro atoms. The van der Waals surface area contributed by atoms with E-state index in [1.807, 2.05) is 6.07 Å². The number of rotatable bonds is 4. The Balaban J connectivity index is 2.16. The third-order valence-electron chi connectivity index (χ3n) is 3.04. The van der Waals surface area contributed by atoms with E-state index < -0.39 is 0 Å². The van der Waals surface area contributed by atoms with Crippen molar-refractivity contribution in [1.82, 2.24) is 10.5 Å². The first-order valence-corrected chi connectivity index (χ1v) is 6.33. The molecule has 1 N–H and O–H groups in total. The van der Waals surface area contributed by atoms with Crippen LogP contribution in [-0.4, -0.2) is 11.2 Å². The molecule has 0 fully saturated rings. The van der Waals surface area contributed by atoms with Crippen LogP contribution in [0.25, 0.3) is 11.3 Å². The summed E-state index contributed by atoms with van der Waals surface area (Å²) in [4.78, 5) is 0. The molecule has 0 unspecified atom stereocenters. The van der Waals surface area contributed by atoms with Crippen molar-refractivity contribution in [1.29, 1.82) is 0 Å². The van der Waals surface area contributed by atoms with Crippen molar-refractivity contribution < 1.29 is 4.52 Å². The van der Waals surface area contributed by atoms with Crippen LogP contribution in [0.1, 0.15) is 30.7 Å². The fourth-order valence-electron chi connectivity index (χ4n) is 1.73. The largest absolute Gasteiger partial charge is 0.356 e. The van der Waals surface area contributed by atoms with E-state index in [2.05, 4.69) is 56.4 Å². The molecular weight excluding hydrogens is 224 g/mol. The van der Waals surface area contributed by atoms with Crippen molar-refractivity contribution in [3.05, 3.63) is 41.1 Å². The number of nitrogens with zero attached hydrogens (tertiary/aromatic N) is 1. The smallest absolute Gasteiger partial charge is 0.167 e. The molecule has 3 nitrogen and oxygen atoms in total. The average Bonchev–Trinajstić information content (AvgIpc) is 2.79. The van der Waals surface area contributed by atoms with Gasteiger partial charge in [-0.2, -0.15) is 0 Å². The van der Waals surface area contributed by atoms with Gasteiger partial charge in [-0.25, -0.2) is 0 Å². The van der Waals surface area contributed by atoms with E-state index in [0.717, 1.165) is 23.6 Å². The fraction of sp³-hybridized carbons (Fsp3) is 0.400. The van der Waals surface area contributed by atoms with Crippen molar-refractivity contribution in [2.75, 3.05) is 0 Å². The molecule has 96 valence electrons. The second-order valence-electron chi connectivity index (χ2n) is 5.02. The van der Waals surface area contributed by atoms with E-state index in [1.165, 1.54) is 11.1 Å². The molecule has 0 bridgehead atoms. The van der Waals surface area contributed by atoms with Crippen molar-refractivity contribution in [3.8, 4) is 11.3 Å². The summed E-state index contributed by atoms with van der Waals surface area (Å²) in [6.45, 7) is 9.19. The molecular formula is C15H20N2O. The summed E-state index contributed by atoms with van der Waals surface area (Å²) in [6.07, 6.45) is 0. The van der Waals surface area contributed by atoms with Gasteiger partial charge in [0.1, 0.15) is 0 Å². The summed E-state index contributed by atoms with van der Waals surface area (Å²) in [6, 6.07) is 8.77. The molecule has 0 radical (unpaired) electrons. The van der Waals surface area contributed by atoms with Crippen LogP contribution < -0.4 is 5.32 Å². The maximum Gasteiger partial charge on any atom is 0.167 e. The van der Waals surface area contributed by atoms with Gasteiger partial charge in [0.05, 0.1) is 5.69 Å². The Morgan fingerprint density at radius 1 is 1.17 bits per heavy atom. The van der Waals surface area contributed by atoms with Crippen molar-refractivity contribution in [2.45, 2.75) is 40.3 Å². The minimum Gasteiger partial charge on any atom is -0.356 e. The van der Waals surface area contributed by atoms with E-state index in [-0.39, 0.29) is 0 Å². The lowest BCUT2D eigenvalue weighted by Crippen LogP contribution is -2.21. The molecule has 0 aliphatic carbocycles. The summed E-state index contributed by atoms with van der Waals surface area (Å²) in [5.74, 6) is 0.832. The van der Waals surface area contributed by atoms with E-state index in [0.29, 0.717) is 6.04 Å². The van der Waals surface area contributed by atoms with Gasteiger partial charge in [-0.1, -0.05) is 31.1 Å². The number of hydrogen-bond acceptors (Lipinski definition) is 3. The molecule has 18 heavy (non-hydrogen) atoms. The maximum absolute atomic E-state index is 5.39. The van der Waals surface area contributed by atoms with Crippen LogP contribution in [0.3, 0.4) is 0 Å². The highest BCUT2D eigenvalue weighted by molar-refractivity contribution is 5.59. The molecule has 0 atom stereocenters. The molecule has 3 heteroatoms. The van der Waals surface area contributed by atoms with Crippen LogP contribution in [0.4, 0.5) is 0 Å². The van der Waals surface area contributed by atoms with E-state index in [9.17, 15) is 0 Å². The van der Waals surface area contributed by atoms with Crippen molar-refractivity contribution in [3.63, 3.8) is 0 Å². The minimum atomic E-state index is 0.451. The lowest BCUT2D eigenvalue weighted by atomic mass is 10.0. The summed E-state index contributed by atoms with van der Waals surface area (Å²) in [5.41, 5.74) is 4.59. The first-order chi connectivity index (χ1) is 8.56. The molecule has 0 aliphatic rings.